The first kappa shape index (κ1) is 14.8. The number of nitriles is 1. The van der Waals surface area contributed by atoms with Crippen molar-refractivity contribution in [1.82, 2.24) is 9.97 Å². The van der Waals surface area contributed by atoms with E-state index in [4.69, 9.17) is 11.1 Å². The molecule has 1 atom stereocenters. The second-order valence-electron chi connectivity index (χ2n) is 4.86. The quantitative estimate of drug-likeness (QED) is 0.644. The van der Waals surface area contributed by atoms with Gasteiger partial charge in [-0.2, -0.15) is 5.26 Å². The Morgan fingerprint density at radius 1 is 1.33 bits per heavy atom. The largest absolute Gasteiger partial charge is 0.358 e. The smallest absolute Gasteiger partial charge is 0.163 e. The van der Waals surface area contributed by atoms with Crippen LogP contribution in [0.25, 0.3) is 11.4 Å². The van der Waals surface area contributed by atoms with Crippen molar-refractivity contribution in [3.05, 3.63) is 36.4 Å². The van der Waals surface area contributed by atoms with Crippen molar-refractivity contribution in [1.29, 1.82) is 5.26 Å². The highest BCUT2D eigenvalue weighted by atomic mass is 15.3. The van der Waals surface area contributed by atoms with Gasteiger partial charge in [0.1, 0.15) is 11.6 Å². The van der Waals surface area contributed by atoms with Crippen molar-refractivity contribution in [2.45, 2.75) is 6.92 Å². The minimum atomic E-state index is -0.0839. The number of benzene rings is 1. The molecule has 0 aliphatic carbocycles. The third kappa shape index (κ3) is 3.68. The van der Waals surface area contributed by atoms with E-state index >= 15 is 0 Å². The lowest BCUT2D eigenvalue weighted by molar-refractivity contribution is 0.710. The monoisotopic (exact) mass is 282 g/mol. The second-order valence-corrected chi connectivity index (χ2v) is 4.86. The van der Waals surface area contributed by atoms with Crippen LogP contribution >= 0.6 is 0 Å². The molecule has 6 nitrogen and oxygen atoms in total. The molecule has 1 unspecified atom stereocenters. The maximum Gasteiger partial charge on any atom is 0.163 e. The summed E-state index contributed by atoms with van der Waals surface area (Å²) < 4.78 is 0. The molecule has 6 heteroatoms. The Morgan fingerprint density at radius 3 is 2.67 bits per heavy atom. The molecular formula is C15H18N6. The molecule has 0 amide bonds. The van der Waals surface area contributed by atoms with Crippen LogP contribution < -0.4 is 16.2 Å². The number of nitrogens with zero attached hydrogens (tertiary/aromatic N) is 4. The molecule has 0 radical (unpaired) electrons. The number of aromatic nitrogens is 2. The van der Waals surface area contributed by atoms with Gasteiger partial charge in [-0.1, -0.05) is 30.3 Å². The number of hydrogen-bond acceptors (Lipinski definition) is 6. The van der Waals surface area contributed by atoms with E-state index in [1.807, 2.05) is 49.2 Å². The fourth-order valence-electron chi connectivity index (χ4n) is 1.97. The Bertz CT molecular complexity index is 634. The third-order valence-corrected chi connectivity index (χ3v) is 3.05. The van der Waals surface area contributed by atoms with Crippen molar-refractivity contribution in [2.75, 3.05) is 23.9 Å². The molecule has 0 aliphatic rings. The van der Waals surface area contributed by atoms with E-state index < -0.39 is 0 Å². The van der Waals surface area contributed by atoms with Crippen molar-refractivity contribution in [2.24, 2.45) is 11.8 Å². The molecule has 2 rings (SSSR count). The number of nitrogen functional groups attached to an aromatic ring is 1. The number of rotatable bonds is 5. The van der Waals surface area contributed by atoms with E-state index in [2.05, 4.69) is 21.5 Å². The first-order valence-electron chi connectivity index (χ1n) is 6.66. The first-order valence-corrected chi connectivity index (χ1v) is 6.66. The zero-order valence-corrected chi connectivity index (χ0v) is 12.1. The van der Waals surface area contributed by atoms with Crippen molar-refractivity contribution in [3.8, 4) is 17.5 Å². The van der Waals surface area contributed by atoms with Gasteiger partial charge in [-0.3, -0.25) is 0 Å². The van der Waals surface area contributed by atoms with Crippen LogP contribution in [0.1, 0.15) is 6.92 Å². The molecule has 1 aromatic heterocycles. The average molecular weight is 282 g/mol. The Morgan fingerprint density at radius 2 is 2.05 bits per heavy atom. The van der Waals surface area contributed by atoms with Crippen LogP contribution in [-0.4, -0.2) is 23.6 Å². The Kier molecular flexibility index (Phi) is 4.69. The number of hydrazine groups is 1. The predicted octanol–water partition coefficient (Wildman–Crippen LogP) is 2.03. The van der Waals surface area contributed by atoms with Gasteiger partial charge in [0, 0.05) is 25.2 Å². The maximum absolute atomic E-state index is 8.92. The van der Waals surface area contributed by atoms with E-state index in [1.165, 1.54) is 0 Å². The lowest BCUT2D eigenvalue weighted by atomic mass is 10.2. The summed E-state index contributed by atoms with van der Waals surface area (Å²) in [5, 5.41) is 8.92. The zero-order chi connectivity index (χ0) is 15.2. The molecule has 21 heavy (non-hydrogen) atoms. The van der Waals surface area contributed by atoms with Gasteiger partial charge in [-0.25, -0.2) is 15.8 Å². The SMILES string of the molecule is CC(C#N)CN(C)c1cc(NN)nc(-c2ccccc2)n1. The van der Waals surface area contributed by atoms with Crippen LogP contribution in [0, 0.1) is 17.2 Å². The van der Waals surface area contributed by atoms with Gasteiger partial charge >= 0.3 is 0 Å². The standard InChI is InChI=1S/C15H18N6/c1-11(9-16)10-21(2)14-8-13(20-17)18-15(19-14)12-6-4-3-5-7-12/h3-8,11H,10,17H2,1-2H3,(H,18,19,20). The molecule has 0 aliphatic heterocycles. The van der Waals surface area contributed by atoms with E-state index in [0.717, 1.165) is 11.4 Å². The zero-order valence-electron chi connectivity index (χ0n) is 12.1. The molecular weight excluding hydrogens is 264 g/mol. The number of hydrogen-bond donors (Lipinski definition) is 2. The van der Waals surface area contributed by atoms with Crippen LogP contribution in [0.4, 0.5) is 11.6 Å². The topological polar surface area (TPSA) is 90.9 Å². The molecule has 2 aromatic rings. The molecule has 0 bridgehead atoms. The molecule has 0 fully saturated rings. The van der Waals surface area contributed by atoms with Crippen LogP contribution in [0.5, 0.6) is 0 Å². The van der Waals surface area contributed by atoms with Crippen LogP contribution in [-0.2, 0) is 0 Å². The van der Waals surface area contributed by atoms with Crippen molar-refractivity contribution >= 4 is 11.6 Å². The molecule has 0 saturated heterocycles. The van der Waals surface area contributed by atoms with Crippen molar-refractivity contribution in [3.63, 3.8) is 0 Å². The molecule has 3 N–H and O–H groups in total. The summed E-state index contributed by atoms with van der Waals surface area (Å²) in [6, 6.07) is 13.7. The molecule has 0 spiro atoms. The lowest BCUT2D eigenvalue weighted by Crippen LogP contribution is -2.25. The summed E-state index contributed by atoms with van der Waals surface area (Å²) in [5.41, 5.74) is 3.47. The van der Waals surface area contributed by atoms with Gasteiger partial charge in [0.25, 0.3) is 0 Å². The summed E-state index contributed by atoms with van der Waals surface area (Å²) in [5.74, 6) is 7.25. The normalized spacial score (nSPS) is 11.5. The van der Waals surface area contributed by atoms with Gasteiger partial charge in [0.05, 0.1) is 12.0 Å². The highest BCUT2D eigenvalue weighted by Gasteiger charge is 2.12. The maximum atomic E-state index is 8.92. The summed E-state index contributed by atoms with van der Waals surface area (Å²) in [4.78, 5) is 10.8. The van der Waals surface area contributed by atoms with E-state index in [0.29, 0.717) is 18.2 Å². The van der Waals surface area contributed by atoms with Gasteiger partial charge in [0.15, 0.2) is 5.82 Å². The summed E-state index contributed by atoms with van der Waals surface area (Å²) in [6.45, 7) is 2.46. The lowest BCUT2D eigenvalue weighted by Gasteiger charge is -2.20. The Labute approximate surface area is 124 Å². The van der Waals surface area contributed by atoms with E-state index in [9.17, 15) is 0 Å². The summed E-state index contributed by atoms with van der Waals surface area (Å²) >= 11 is 0. The second kappa shape index (κ2) is 6.68. The minimum Gasteiger partial charge on any atom is -0.358 e. The number of nitrogens with two attached hydrogens (primary N) is 1. The summed E-state index contributed by atoms with van der Waals surface area (Å²) in [7, 11) is 1.89. The Hall–Kier alpha value is -2.65. The van der Waals surface area contributed by atoms with Crippen LogP contribution in [0.2, 0.25) is 0 Å². The van der Waals surface area contributed by atoms with Crippen LogP contribution in [0.3, 0.4) is 0 Å². The highest BCUT2D eigenvalue weighted by molar-refractivity contribution is 5.61. The fourth-order valence-corrected chi connectivity index (χ4v) is 1.97. The van der Waals surface area contributed by atoms with Gasteiger partial charge in [-0.15, -0.1) is 0 Å². The van der Waals surface area contributed by atoms with Gasteiger partial charge in [0.2, 0.25) is 0 Å². The van der Waals surface area contributed by atoms with Crippen LogP contribution in [0.15, 0.2) is 36.4 Å². The van der Waals surface area contributed by atoms with Gasteiger partial charge in [-0.05, 0) is 6.92 Å². The highest BCUT2D eigenvalue weighted by Crippen LogP contribution is 2.21. The first-order chi connectivity index (χ1) is 10.1. The third-order valence-electron chi connectivity index (χ3n) is 3.05. The molecule has 1 aromatic carbocycles. The van der Waals surface area contributed by atoms with Crippen molar-refractivity contribution < 1.29 is 0 Å². The number of nitrogens with one attached hydrogen (secondary N) is 1. The number of anilines is 2. The van der Waals surface area contributed by atoms with E-state index in [-0.39, 0.29) is 5.92 Å². The van der Waals surface area contributed by atoms with E-state index in [1.54, 1.807) is 6.07 Å². The molecule has 1 heterocycles. The minimum absolute atomic E-state index is 0.0839. The average Bonchev–Trinajstić information content (AvgIpc) is 2.54. The van der Waals surface area contributed by atoms with Gasteiger partial charge < -0.3 is 10.3 Å². The Balaban J connectivity index is 2.37. The predicted molar refractivity (Wildman–Crippen MR) is 83.3 cm³/mol. The fraction of sp³-hybridized carbons (Fsp3) is 0.267. The molecule has 108 valence electrons. The molecule has 0 saturated carbocycles. The summed E-state index contributed by atoms with van der Waals surface area (Å²) in [6.07, 6.45) is 0.